The Morgan fingerprint density at radius 2 is 2.19 bits per heavy atom. The van der Waals surface area contributed by atoms with E-state index in [1.807, 2.05) is 25.1 Å². The third-order valence-electron chi connectivity index (χ3n) is 2.13. The van der Waals surface area contributed by atoms with Crippen LogP contribution < -0.4 is 0 Å². The van der Waals surface area contributed by atoms with Crippen LogP contribution in [0.2, 0.25) is 0 Å². The summed E-state index contributed by atoms with van der Waals surface area (Å²) in [7, 11) is 0. The average Bonchev–Trinajstić information content (AvgIpc) is 2.75. The number of halogens is 1. The van der Waals surface area contributed by atoms with Gasteiger partial charge in [-0.3, -0.25) is 0 Å². The third-order valence-corrected chi connectivity index (χ3v) is 3.65. The first-order valence-electron chi connectivity index (χ1n) is 5.08. The van der Waals surface area contributed by atoms with Gasteiger partial charge in [-0.25, -0.2) is 4.98 Å². The molecule has 2 nitrogen and oxygen atoms in total. The molecule has 0 aliphatic carbocycles. The maximum Gasteiger partial charge on any atom is 0.119 e. The van der Waals surface area contributed by atoms with E-state index in [1.165, 1.54) is 0 Å². The summed E-state index contributed by atoms with van der Waals surface area (Å²) < 4.78 is 6.41. The molecule has 2 aromatic rings. The molecule has 2 rings (SSSR count). The summed E-state index contributed by atoms with van der Waals surface area (Å²) in [6, 6.07) is 8.10. The van der Waals surface area contributed by atoms with Gasteiger partial charge < -0.3 is 4.74 Å². The lowest BCUT2D eigenvalue weighted by atomic mass is 10.2. The van der Waals surface area contributed by atoms with E-state index in [1.54, 1.807) is 11.3 Å². The number of hydrogen-bond donors (Lipinski definition) is 0. The van der Waals surface area contributed by atoms with E-state index in [0.717, 1.165) is 27.3 Å². The van der Waals surface area contributed by atoms with Gasteiger partial charge in [-0.05, 0) is 13.0 Å². The Kier molecular flexibility index (Phi) is 4.09. The fourth-order valence-electron chi connectivity index (χ4n) is 1.36. The number of aromatic nitrogens is 1. The minimum absolute atomic E-state index is 0.603. The van der Waals surface area contributed by atoms with Gasteiger partial charge in [-0.1, -0.05) is 34.1 Å². The summed E-state index contributed by atoms with van der Waals surface area (Å²) in [5.74, 6) is 0. The second kappa shape index (κ2) is 5.57. The van der Waals surface area contributed by atoms with Gasteiger partial charge in [0.15, 0.2) is 0 Å². The van der Waals surface area contributed by atoms with Crippen molar-refractivity contribution in [2.24, 2.45) is 0 Å². The van der Waals surface area contributed by atoms with Gasteiger partial charge in [0.2, 0.25) is 0 Å². The summed E-state index contributed by atoms with van der Waals surface area (Å²) in [6.45, 7) is 3.32. The second-order valence-corrected chi connectivity index (χ2v) is 5.04. The molecular formula is C12H12BrNOS. The van der Waals surface area contributed by atoms with Crippen LogP contribution in [-0.4, -0.2) is 11.6 Å². The highest BCUT2D eigenvalue weighted by molar-refractivity contribution is 9.10. The van der Waals surface area contributed by atoms with Crippen molar-refractivity contribution in [1.82, 2.24) is 4.98 Å². The van der Waals surface area contributed by atoms with Crippen molar-refractivity contribution in [2.75, 3.05) is 6.61 Å². The van der Waals surface area contributed by atoms with E-state index in [2.05, 4.69) is 32.4 Å². The molecule has 0 spiro atoms. The van der Waals surface area contributed by atoms with Crippen LogP contribution in [0.4, 0.5) is 0 Å². The number of benzene rings is 1. The van der Waals surface area contributed by atoms with Gasteiger partial charge in [-0.2, -0.15) is 0 Å². The van der Waals surface area contributed by atoms with Crippen LogP contribution >= 0.6 is 27.3 Å². The second-order valence-electron chi connectivity index (χ2n) is 3.24. The summed E-state index contributed by atoms with van der Waals surface area (Å²) in [5, 5.41) is 3.08. The topological polar surface area (TPSA) is 22.1 Å². The molecule has 1 aromatic heterocycles. The molecule has 0 bridgehead atoms. The van der Waals surface area contributed by atoms with Gasteiger partial charge in [0.1, 0.15) is 5.01 Å². The number of rotatable bonds is 4. The highest BCUT2D eigenvalue weighted by atomic mass is 79.9. The minimum Gasteiger partial charge on any atom is -0.375 e. The summed E-state index contributed by atoms with van der Waals surface area (Å²) in [4.78, 5) is 4.54. The summed E-state index contributed by atoms with van der Waals surface area (Å²) in [5.41, 5.74) is 2.13. The quantitative estimate of drug-likeness (QED) is 0.847. The van der Waals surface area contributed by atoms with E-state index in [4.69, 9.17) is 4.74 Å². The van der Waals surface area contributed by atoms with Gasteiger partial charge in [-0.15, -0.1) is 11.3 Å². The van der Waals surface area contributed by atoms with Crippen LogP contribution in [0.1, 0.15) is 11.9 Å². The van der Waals surface area contributed by atoms with Gasteiger partial charge in [0.05, 0.1) is 12.3 Å². The monoisotopic (exact) mass is 297 g/mol. The lowest BCUT2D eigenvalue weighted by Crippen LogP contribution is -1.90. The van der Waals surface area contributed by atoms with Crippen LogP contribution in [0.3, 0.4) is 0 Å². The lowest BCUT2D eigenvalue weighted by molar-refractivity contribution is 0.134. The maximum atomic E-state index is 5.34. The first kappa shape index (κ1) is 11.8. The zero-order valence-electron chi connectivity index (χ0n) is 8.94. The normalized spacial score (nSPS) is 10.6. The number of thiazole rings is 1. The Hall–Kier alpha value is -0.710. The zero-order chi connectivity index (χ0) is 11.4. The van der Waals surface area contributed by atoms with Crippen LogP contribution in [0.15, 0.2) is 34.1 Å². The summed E-state index contributed by atoms with van der Waals surface area (Å²) >= 11 is 5.16. The van der Waals surface area contributed by atoms with Crippen LogP contribution in [0, 0.1) is 0 Å². The molecule has 1 aromatic carbocycles. The van der Waals surface area contributed by atoms with E-state index >= 15 is 0 Å². The molecule has 0 saturated carbocycles. The van der Waals surface area contributed by atoms with E-state index in [0.29, 0.717) is 6.61 Å². The van der Waals surface area contributed by atoms with E-state index in [-0.39, 0.29) is 0 Å². The fraction of sp³-hybridized carbons (Fsp3) is 0.250. The lowest BCUT2D eigenvalue weighted by Gasteiger charge is -1.99. The van der Waals surface area contributed by atoms with Gasteiger partial charge in [0, 0.05) is 22.0 Å². The van der Waals surface area contributed by atoms with Crippen molar-refractivity contribution in [3.8, 4) is 11.3 Å². The Bertz CT molecular complexity index is 470. The van der Waals surface area contributed by atoms with Crippen molar-refractivity contribution in [2.45, 2.75) is 13.5 Å². The van der Waals surface area contributed by atoms with Crippen LogP contribution in [-0.2, 0) is 11.3 Å². The molecule has 16 heavy (non-hydrogen) atoms. The molecule has 0 unspecified atom stereocenters. The smallest absolute Gasteiger partial charge is 0.119 e. The third kappa shape index (κ3) is 2.70. The first-order chi connectivity index (χ1) is 7.81. The molecule has 0 saturated heterocycles. The molecule has 0 aliphatic rings. The number of hydrogen-bond acceptors (Lipinski definition) is 3. The standard InChI is InChI=1S/C12H12BrNOS/c1-2-15-7-12-14-11(8-16-12)9-5-3-4-6-10(9)13/h3-6,8H,2,7H2,1H3. The van der Waals surface area contributed by atoms with E-state index < -0.39 is 0 Å². The largest absolute Gasteiger partial charge is 0.375 e. The average molecular weight is 298 g/mol. The Balaban J connectivity index is 2.22. The van der Waals surface area contributed by atoms with Crippen molar-refractivity contribution in [1.29, 1.82) is 0 Å². The predicted molar refractivity (Wildman–Crippen MR) is 70.6 cm³/mol. The molecule has 84 valence electrons. The number of nitrogens with zero attached hydrogens (tertiary/aromatic N) is 1. The van der Waals surface area contributed by atoms with Gasteiger partial charge in [0.25, 0.3) is 0 Å². The predicted octanol–water partition coefficient (Wildman–Crippen LogP) is 4.11. The Morgan fingerprint density at radius 3 is 2.94 bits per heavy atom. The highest BCUT2D eigenvalue weighted by Crippen LogP contribution is 2.28. The van der Waals surface area contributed by atoms with Crippen molar-refractivity contribution in [3.63, 3.8) is 0 Å². The number of ether oxygens (including phenoxy) is 1. The molecule has 0 radical (unpaired) electrons. The minimum atomic E-state index is 0.603. The fourth-order valence-corrected chi connectivity index (χ4v) is 2.58. The van der Waals surface area contributed by atoms with Gasteiger partial charge >= 0.3 is 0 Å². The molecule has 1 heterocycles. The zero-order valence-corrected chi connectivity index (χ0v) is 11.3. The maximum absolute atomic E-state index is 5.34. The molecule has 0 aliphatic heterocycles. The van der Waals surface area contributed by atoms with E-state index in [9.17, 15) is 0 Å². The molecule has 0 atom stereocenters. The molecule has 0 fully saturated rings. The van der Waals surface area contributed by atoms with Crippen LogP contribution in [0.25, 0.3) is 11.3 Å². The molecule has 0 amide bonds. The van der Waals surface area contributed by atoms with Crippen molar-refractivity contribution < 1.29 is 4.74 Å². The SMILES string of the molecule is CCOCc1nc(-c2ccccc2Br)cs1. The Morgan fingerprint density at radius 1 is 1.38 bits per heavy atom. The Labute approximate surface area is 107 Å². The summed E-state index contributed by atoms with van der Waals surface area (Å²) in [6.07, 6.45) is 0. The van der Waals surface area contributed by atoms with Crippen molar-refractivity contribution in [3.05, 3.63) is 39.1 Å². The first-order valence-corrected chi connectivity index (χ1v) is 6.75. The molecular weight excluding hydrogens is 286 g/mol. The highest BCUT2D eigenvalue weighted by Gasteiger charge is 2.06. The van der Waals surface area contributed by atoms with Crippen LogP contribution in [0.5, 0.6) is 0 Å². The van der Waals surface area contributed by atoms with Crippen molar-refractivity contribution >= 4 is 27.3 Å². The molecule has 0 N–H and O–H groups in total. The molecule has 4 heteroatoms.